The maximum absolute atomic E-state index is 11.6. The van der Waals surface area contributed by atoms with E-state index in [2.05, 4.69) is 24.4 Å². The van der Waals surface area contributed by atoms with Gasteiger partial charge in [-0.3, -0.25) is 4.79 Å². The van der Waals surface area contributed by atoms with E-state index in [1.807, 2.05) is 12.1 Å². The van der Waals surface area contributed by atoms with Gasteiger partial charge in [0.1, 0.15) is 0 Å². The summed E-state index contributed by atoms with van der Waals surface area (Å²) < 4.78 is 0. The van der Waals surface area contributed by atoms with Gasteiger partial charge in [0.25, 0.3) is 0 Å². The predicted molar refractivity (Wildman–Crippen MR) is 56.1 cm³/mol. The highest BCUT2D eigenvalue weighted by molar-refractivity contribution is 5.80. The highest BCUT2D eigenvalue weighted by Gasteiger charge is 2.33. The zero-order chi connectivity index (χ0) is 10.1. The average Bonchev–Trinajstić information content (AvgIpc) is 2.56. The van der Waals surface area contributed by atoms with E-state index in [4.69, 9.17) is 0 Å². The van der Waals surface area contributed by atoms with Crippen molar-refractivity contribution in [1.82, 2.24) is 5.32 Å². The van der Waals surface area contributed by atoms with E-state index in [0.717, 1.165) is 6.42 Å². The molecule has 1 aromatic rings. The minimum absolute atomic E-state index is 0.123. The smallest absolute Gasteiger partial charge is 0.223 e. The Morgan fingerprint density at radius 2 is 2.14 bits per heavy atom. The number of amides is 1. The molecule has 0 aliphatic heterocycles. The van der Waals surface area contributed by atoms with E-state index in [0.29, 0.717) is 5.92 Å². The SMILES string of the molecule is CNC(=O)C1Cc2ccccc2C1C. The van der Waals surface area contributed by atoms with Crippen LogP contribution in [0.25, 0.3) is 0 Å². The van der Waals surface area contributed by atoms with E-state index in [9.17, 15) is 4.79 Å². The Labute approximate surface area is 84.3 Å². The van der Waals surface area contributed by atoms with Crippen molar-refractivity contribution in [2.45, 2.75) is 19.3 Å². The van der Waals surface area contributed by atoms with E-state index in [1.165, 1.54) is 11.1 Å². The molecule has 2 nitrogen and oxygen atoms in total. The monoisotopic (exact) mass is 189 g/mol. The molecule has 2 atom stereocenters. The van der Waals surface area contributed by atoms with Crippen molar-refractivity contribution < 1.29 is 4.79 Å². The predicted octanol–water partition coefficient (Wildman–Crippen LogP) is 1.71. The number of fused-ring (bicyclic) bond motifs is 1. The molecule has 0 bridgehead atoms. The zero-order valence-electron chi connectivity index (χ0n) is 8.58. The van der Waals surface area contributed by atoms with Crippen LogP contribution in [0.1, 0.15) is 24.0 Å². The molecule has 0 heterocycles. The van der Waals surface area contributed by atoms with Gasteiger partial charge >= 0.3 is 0 Å². The molecule has 74 valence electrons. The van der Waals surface area contributed by atoms with Gasteiger partial charge in [-0.2, -0.15) is 0 Å². The van der Waals surface area contributed by atoms with Crippen LogP contribution in [0.5, 0.6) is 0 Å². The van der Waals surface area contributed by atoms with Gasteiger partial charge in [0.05, 0.1) is 0 Å². The van der Waals surface area contributed by atoms with Gasteiger partial charge in [-0.15, -0.1) is 0 Å². The lowest BCUT2D eigenvalue weighted by Crippen LogP contribution is -2.29. The largest absolute Gasteiger partial charge is 0.359 e. The quantitative estimate of drug-likeness (QED) is 0.716. The molecule has 2 heteroatoms. The maximum atomic E-state index is 11.6. The lowest BCUT2D eigenvalue weighted by Gasteiger charge is -2.13. The average molecular weight is 189 g/mol. The first-order valence-electron chi connectivity index (χ1n) is 5.03. The number of rotatable bonds is 1. The van der Waals surface area contributed by atoms with Crippen LogP contribution < -0.4 is 5.32 Å². The summed E-state index contributed by atoms with van der Waals surface area (Å²) in [5, 5.41) is 2.73. The Morgan fingerprint density at radius 1 is 1.43 bits per heavy atom. The lowest BCUT2D eigenvalue weighted by atomic mass is 9.94. The fourth-order valence-electron chi connectivity index (χ4n) is 2.30. The van der Waals surface area contributed by atoms with E-state index in [1.54, 1.807) is 7.05 Å². The molecule has 0 saturated carbocycles. The molecule has 14 heavy (non-hydrogen) atoms. The first-order valence-corrected chi connectivity index (χ1v) is 5.03. The molecule has 1 aliphatic carbocycles. The molecule has 1 N–H and O–H groups in total. The van der Waals surface area contributed by atoms with Crippen molar-refractivity contribution in [3.05, 3.63) is 35.4 Å². The summed E-state index contributed by atoms with van der Waals surface area (Å²) in [5.74, 6) is 0.636. The van der Waals surface area contributed by atoms with E-state index < -0.39 is 0 Å². The third-order valence-corrected chi connectivity index (χ3v) is 3.17. The minimum atomic E-state index is 0.123. The third kappa shape index (κ3) is 1.31. The van der Waals surface area contributed by atoms with Gasteiger partial charge in [-0.05, 0) is 23.5 Å². The molecule has 0 saturated heterocycles. The summed E-state index contributed by atoms with van der Waals surface area (Å²) in [6.07, 6.45) is 0.886. The van der Waals surface area contributed by atoms with Crippen LogP contribution in [0.3, 0.4) is 0 Å². The molecule has 0 radical (unpaired) electrons. The van der Waals surface area contributed by atoms with Crippen LogP contribution in [-0.2, 0) is 11.2 Å². The number of hydrogen-bond acceptors (Lipinski definition) is 1. The zero-order valence-corrected chi connectivity index (χ0v) is 8.58. The second-order valence-corrected chi connectivity index (χ2v) is 3.91. The van der Waals surface area contributed by atoms with Crippen molar-refractivity contribution in [3.8, 4) is 0 Å². The summed E-state index contributed by atoms with van der Waals surface area (Å²) in [5.41, 5.74) is 2.66. The first kappa shape index (κ1) is 9.25. The van der Waals surface area contributed by atoms with Gasteiger partial charge in [-0.1, -0.05) is 31.2 Å². The topological polar surface area (TPSA) is 29.1 Å². The van der Waals surface area contributed by atoms with Crippen molar-refractivity contribution in [1.29, 1.82) is 0 Å². The number of nitrogens with one attached hydrogen (secondary N) is 1. The van der Waals surface area contributed by atoms with Gasteiger partial charge in [0.15, 0.2) is 0 Å². The molecule has 0 fully saturated rings. The molecular formula is C12H15NO. The summed E-state index contributed by atoms with van der Waals surface area (Å²) in [4.78, 5) is 11.6. The van der Waals surface area contributed by atoms with Gasteiger partial charge in [0, 0.05) is 13.0 Å². The molecule has 2 rings (SSSR count). The normalized spacial score (nSPS) is 24.4. The number of hydrogen-bond donors (Lipinski definition) is 1. The van der Waals surface area contributed by atoms with Crippen LogP contribution >= 0.6 is 0 Å². The second kappa shape index (κ2) is 3.45. The molecule has 1 aliphatic rings. The third-order valence-electron chi connectivity index (χ3n) is 3.17. The Hall–Kier alpha value is -1.31. The molecule has 1 aromatic carbocycles. The van der Waals surface area contributed by atoms with E-state index in [-0.39, 0.29) is 11.8 Å². The Kier molecular flexibility index (Phi) is 2.28. The van der Waals surface area contributed by atoms with Crippen molar-refractivity contribution >= 4 is 5.91 Å². The molecular weight excluding hydrogens is 174 g/mol. The fourth-order valence-corrected chi connectivity index (χ4v) is 2.30. The van der Waals surface area contributed by atoms with Crippen LogP contribution in [-0.4, -0.2) is 13.0 Å². The summed E-state index contributed by atoms with van der Waals surface area (Å²) >= 11 is 0. The Balaban J connectivity index is 2.30. The van der Waals surface area contributed by atoms with Crippen LogP contribution in [0.15, 0.2) is 24.3 Å². The van der Waals surface area contributed by atoms with Crippen molar-refractivity contribution in [3.63, 3.8) is 0 Å². The van der Waals surface area contributed by atoms with Crippen LogP contribution in [0.4, 0.5) is 0 Å². The highest BCUT2D eigenvalue weighted by atomic mass is 16.1. The standard InChI is InChI=1S/C12H15NO/c1-8-10-6-4-3-5-9(10)7-11(8)12(14)13-2/h3-6,8,11H,7H2,1-2H3,(H,13,14). The second-order valence-electron chi connectivity index (χ2n) is 3.91. The fraction of sp³-hybridized carbons (Fsp3) is 0.417. The van der Waals surface area contributed by atoms with Crippen LogP contribution in [0, 0.1) is 5.92 Å². The number of carbonyl (C=O) groups excluding carboxylic acids is 1. The molecule has 0 spiro atoms. The van der Waals surface area contributed by atoms with Crippen molar-refractivity contribution in [2.24, 2.45) is 5.92 Å². The van der Waals surface area contributed by atoms with Gasteiger partial charge in [0.2, 0.25) is 5.91 Å². The van der Waals surface area contributed by atoms with Crippen LogP contribution in [0.2, 0.25) is 0 Å². The summed E-state index contributed by atoms with van der Waals surface area (Å²) in [6.45, 7) is 2.13. The Bertz CT molecular complexity index is 359. The van der Waals surface area contributed by atoms with E-state index >= 15 is 0 Å². The number of carbonyl (C=O) groups is 1. The van der Waals surface area contributed by atoms with Gasteiger partial charge < -0.3 is 5.32 Å². The van der Waals surface area contributed by atoms with Gasteiger partial charge in [-0.25, -0.2) is 0 Å². The minimum Gasteiger partial charge on any atom is -0.359 e. The molecule has 1 amide bonds. The first-order chi connectivity index (χ1) is 6.74. The van der Waals surface area contributed by atoms with Crippen molar-refractivity contribution in [2.75, 3.05) is 7.05 Å². The molecule has 2 unspecified atom stereocenters. The highest BCUT2D eigenvalue weighted by Crippen LogP contribution is 2.37. The molecule has 0 aromatic heterocycles. The summed E-state index contributed by atoms with van der Waals surface area (Å²) in [7, 11) is 1.71. The summed E-state index contributed by atoms with van der Waals surface area (Å²) in [6, 6.07) is 8.33. The maximum Gasteiger partial charge on any atom is 0.223 e. The number of benzene rings is 1. The lowest BCUT2D eigenvalue weighted by molar-refractivity contribution is -0.124. The Morgan fingerprint density at radius 3 is 2.79 bits per heavy atom.